The predicted octanol–water partition coefficient (Wildman–Crippen LogP) is 6.55. The highest BCUT2D eigenvalue weighted by atomic mass is 16.5. The monoisotopic (exact) mass is 487 g/mol. The van der Waals surface area contributed by atoms with Gasteiger partial charge in [-0.2, -0.15) is 0 Å². The molecule has 6 rings (SSSR count). The molecule has 2 aromatic rings. The van der Waals surface area contributed by atoms with Crippen LogP contribution in [0.25, 0.3) is 11.1 Å². The summed E-state index contributed by atoms with van der Waals surface area (Å²) in [5, 5.41) is 0. The lowest BCUT2D eigenvalue weighted by Crippen LogP contribution is -2.48. The summed E-state index contributed by atoms with van der Waals surface area (Å²) >= 11 is 0. The first-order valence-corrected chi connectivity index (χ1v) is 13.4. The molecule has 4 fully saturated rings. The first-order valence-electron chi connectivity index (χ1n) is 13.4. The zero-order valence-electron chi connectivity index (χ0n) is 21.0. The summed E-state index contributed by atoms with van der Waals surface area (Å²) in [6, 6.07) is 14.1. The minimum atomic E-state index is -0.414. The zero-order chi connectivity index (χ0) is 25.1. The normalized spacial score (nSPS) is 25.9. The molecular formula is C31H37NO4. The van der Waals surface area contributed by atoms with E-state index in [0.29, 0.717) is 18.6 Å². The number of hydrogen-bond donors (Lipinski definition) is 1. The number of ether oxygens (including phenoxy) is 2. The molecule has 0 saturated heterocycles. The molecule has 4 bridgehead atoms. The van der Waals surface area contributed by atoms with E-state index in [-0.39, 0.29) is 11.3 Å². The van der Waals surface area contributed by atoms with E-state index in [1.54, 1.807) is 6.07 Å². The minimum absolute atomic E-state index is 0.204. The summed E-state index contributed by atoms with van der Waals surface area (Å²) in [4.78, 5) is 23.6. The Morgan fingerprint density at radius 1 is 0.972 bits per heavy atom. The van der Waals surface area contributed by atoms with Crippen molar-refractivity contribution in [2.75, 3.05) is 6.61 Å². The van der Waals surface area contributed by atoms with Crippen molar-refractivity contribution in [1.29, 1.82) is 0 Å². The van der Waals surface area contributed by atoms with Crippen molar-refractivity contribution >= 4 is 11.9 Å². The molecule has 0 radical (unpaired) electrons. The van der Waals surface area contributed by atoms with Gasteiger partial charge in [0.1, 0.15) is 5.75 Å². The lowest BCUT2D eigenvalue weighted by molar-refractivity contribution is -0.118. The third-order valence-corrected chi connectivity index (χ3v) is 8.56. The van der Waals surface area contributed by atoms with Crippen LogP contribution in [0.1, 0.15) is 80.1 Å². The van der Waals surface area contributed by atoms with Gasteiger partial charge >= 0.3 is 5.97 Å². The summed E-state index contributed by atoms with van der Waals surface area (Å²) < 4.78 is 11.6. The number of esters is 1. The van der Waals surface area contributed by atoms with Gasteiger partial charge in [-0.05, 0) is 104 Å². The fourth-order valence-electron chi connectivity index (χ4n) is 7.50. The molecule has 0 aromatic heterocycles. The topological polar surface area (TPSA) is 78.6 Å². The Morgan fingerprint density at radius 2 is 1.67 bits per heavy atom. The maximum absolute atomic E-state index is 12.6. The third kappa shape index (κ3) is 5.07. The summed E-state index contributed by atoms with van der Waals surface area (Å²) in [7, 11) is 0. The van der Waals surface area contributed by atoms with E-state index in [2.05, 4.69) is 24.8 Å². The van der Waals surface area contributed by atoms with Crippen molar-refractivity contribution in [2.45, 2.75) is 69.6 Å². The van der Waals surface area contributed by atoms with Crippen LogP contribution in [-0.2, 0) is 14.9 Å². The van der Waals surface area contributed by atoms with E-state index in [1.807, 2.05) is 18.2 Å². The highest BCUT2D eigenvalue weighted by Gasteiger charge is 2.52. The Hall–Kier alpha value is -3.08. The highest BCUT2D eigenvalue weighted by Crippen LogP contribution is 2.62. The van der Waals surface area contributed by atoms with Gasteiger partial charge in [-0.3, -0.25) is 4.79 Å². The molecular weight excluding hydrogens is 450 g/mol. The second-order valence-electron chi connectivity index (χ2n) is 11.2. The molecule has 36 heavy (non-hydrogen) atoms. The van der Waals surface area contributed by atoms with Crippen molar-refractivity contribution < 1.29 is 19.1 Å². The second-order valence-corrected chi connectivity index (χ2v) is 11.2. The van der Waals surface area contributed by atoms with Crippen LogP contribution >= 0.6 is 0 Å². The molecule has 4 aliphatic carbocycles. The molecule has 190 valence electrons. The van der Waals surface area contributed by atoms with Crippen molar-refractivity contribution in [3.05, 3.63) is 66.4 Å². The summed E-state index contributed by atoms with van der Waals surface area (Å²) in [5.74, 6) is 2.80. The molecule has 5 heteroatoms. The summed E-state index contributed by atoms with van der Waals surface area (Å²) in [6.07, 6.45) is 12.1. The van der Waals surface area contributed by atoms with Gasteiger partial charge in [-0.25, -0.2) is 4.79 Å². The van der Waals surface area contributed by atoms with Crippen molar-refractivity contribution in [2.24, 2.45) is 23.5 Å². The van der Waals surface area contributed by atoms with Crippen molar-refractivity contribution in [1.82, 2.24) is 0 Å². The van der Waals surface area contributed by atoms with Gasteiger partial charge < -0.3 is 15.2 Å². The first-order chi connectivity index (χ1) is 17.5. The highest BCUT2D eigenvalue weighted by molar-refractivity contribution is 5.97. The Kier molecular flexibility index (Phi) is 7.17. The fraction of sp³-hybridized carbons (Fsp3) is 0.484. The molecule has 0 heterocycles. The Balaban J connectivity index is 1.45. The van der Waals surface area contributed by atoms with Crippen LogP contribution in [0.5, 0.6) is 5.75 Å². The van der Waals surface area contributed by atoms with Gasteiger partial charge in [0.05, 0.1) is 18.4 Å². The molecule has 5 nitrogen and oxygen atoms in total. The smallest absolute Gasteiger partial charge is 0.343 e. The minimum Gasteiger partial charge on any atom is -0.493 e. The number of carbonyl (C=O) groups is 2. The quantitative estimate of drug-likeness (QED) is 0.222. The molecule has 0 atom stereocenters. The van der Waals surface area contributed by atoms with Crippen molar-refractivity contribution in [3.8, 4) is 16.9 Å². The van der Waals surface area contributed by atoms with E-state index >= 15 is 0 Å². The largest absolute Gasteiger partial charge is 0.493 e. The Bertz CT molecular complexity index is 1100. The lowest BCUT2D eigenvalue weighted by atomic mass is 9.48. The maximum atomic E-state index is 12.6. The maximum Gasteiger partial charge on any atom is 0.343 e. The second kappa shape index (κ2) is 10.5. The molecule has 4 saturated carbocycles. The third-order valence-electron chi connectivity index (χ3n) is 8.56. The average molecular weight is 488 g/mol. The van der Waals surface area contributed by atoms with Crippen LogP contribution in [-0.4, -0.2) is 18.5 Å². The van der Waals surface area contributed by atoms with E-state index in [9.17, 15) is 9.59 Å². The number of unbranched alkanes of at least 4 members (excludes halogenated alkanes) is 2. The number of amides is 1. The standard InChI is InChI=1S/C31H37NO4/c1-2-35-30(34)26-9-6-5-8-25(26)24-11-12-27(28(17-24)36-13-7-3-4-10-29(32)33)31-18-21-14-22(19-31)16-23(15-21)20-31/h2,5-6,8-9,11-12,17,21-23H,1,3-4,7,10,13-16,18-20H2,(H2,32,33). The number of hydrogen-bond acceptors (Lipinski definition) is 4. The van der Waals surface area contributed by atoms with E-state index in [1.165, 1.54) is 50.4 Å². The number of nitrogens with two attached hydrogens (primary N) is 1. The number of primary amides is 1. The van der Waals surface area contributed by atoms with Gasteiger partial charge in [-0.1, -0.05) is 36.9 Å². The fourth-order valence-corrected chi connectivity index (χ4v) is 7.50. The molecule has 2 N–H and O–H groups in total. The van der Waals surface area contributed by atoms with E-state index < -0.39 is 5.97 Å². The Morgan fingerprint density at radius 3 is 2.33 bits per heavy atom. The van der Waals surface area contributed by atoms with Crippen LogP contribution in [0.3, 0.4) is 0 Å². The van der Waals surface area contributed by atoms with Crippen LogP contribution in [0, 0.1) is 17.8 Å². The van der Waals surface area contributed by atoms with Crippen LogP contribution < -0.4 is 10.5 Å². The molecule has 0 spiro atoms. The molecule has 1 amide bonds. The Labute approximate surface area is 214 Å². The SMILES string of the molecule is C=COC(=O)c1ccccc1-c1ccc(C23CC4CC(CC(C4)C2)C3)c(OCCCCCC(N)=O)c1. The van der Waals surface area contributed by atoms with Crippen LogP contribution in [0.4, 0.5) is 0 Å². The lowest BCUT2D eigenvalue weighted by Gasteiger charge is -2.57. The van der Waals surface area contributed by atoms with Gasteiger partial charge in [-0.15, -0.1) is 0 Å². The van der Waals surface area contributed by atoms with E-state index in [4.69, 9.17) is 15.2 Å². The molecule has 2 aromatic carbocycles. The van der Waals surface area contributed by atoms with E-state index in [0.717, 1.165) is 53.9 Å². The first kappa shape index (κ1) is 24.6. The summed E-state index contributed by atoms with van der Waals surface area (Å²) in [6.45, 7) is 4.12. The number of benzene rings is 2. The van der Waals surface area contributed by atoms with Gasteiger partial charge in [0.15, 0.2) is 0 Å². The number of rotatable bonds is 11. The van der Waals surface area contributed by atoms with Gasteiger partial charge in [0, 0.05) is 12.0 Å². The summed E-state index contributed by atoms with van der Waals surface area (Å²) in [5.41, 5.74) is 9.11. The molecule has 0 unspecified atom stereocenters. The molecule has 4 aliphatic rings. The number of carbonyl (C=O) groups excluding carboxylic acids is 2. The van der Waals surface area contributed by atoms with Crippen LogP contribution in [0.2, 0.25) is 0 Å². The van der Waals surface area contributed by atoms with Crippen molar-refractivity contribution in [3.63, 3.8) is 0 Å². The zero-order valence-corrected chi connectivity index (χ0v) is 21.0. The van der Waals surface area contributed by atoms with Gasteiger partial charge in [0.25, 0.3) is 0 Å². The predicted molar refractivity (Wildman–Crippen MR) is 140 cm³/mol. The molecule has 0 aliphatic heterocycles. The van der Waals surface area contributed by atoms with Crippen LogP contribution in [0.15, 0.2) is 55.3 Å². The van der Waals surface area contributed by atoms with Gasteiger partial charge in [0.2, 0.25) is 5.91 Å². The average Bonchev–Trinajstić information content (AvgIpc) is 2.85.